The standard InChI is InChI=1S/C16H18N2O2S/c17-12(8-10-4-2-1-3-5-10)16(20)18-15-11-6-7-21-14(11)9-13(15)19/h1-7,12-13,15,19H,8-9,17H2,(H,18,20)/t12-,13+,15-/m0/s1. The van der Waals surface area contributed by atoms with E-state index in [0.29, 0.717) is 12.8 Å². The maximum Gasteiger partial charge on any atom is 0.237 e. The summed E-state index contributed by atoms with van der Waals surface area (Å²) in [6.45, 7) is 0. The van der Waals surface area contributed by atoms with Crippen LogP contribution in [0.25, 0.3) is 0 Å². The molecule has 0 aliphatic heterocycles. The summed E-state index contributed by atoms with van der Waals surface area (Å²) in [7, 11) is 0. The van der Waals surface area contributed by atoms with Crippen LogP contribution < -0.4 is 11.1 Å². The Bertz CT molecular complexity index is 626. The minimum absolute atomic E-state index is 0.220. The lowest BCUT2D eigenvalue weighted by atomic mass is 10.0. The molecule has 0 bridgehead atoms. The molecular weight excluding hydrogens is 284 g/mol. The van der Waals surface area contributed by atoms with E-state index in [1.54, 1.807) is 11.3 Å². The molecule has 110 valence electrons. The Labute approximate surface area is 127 Å². The lowest BCUT2D eigenvalue weighted by Crippen LogP contribution is -2.45. The Kier molecular flexibility index (Phi) is 4.05. The second-order valence-corrected chi connectivity index (χ2v) is 6.35. The van der Waals surface area contributed by atoms with Gasteiger partial charge in [-0.05, 0) is 29.0 Å². The van der Waals surface area contributed by atoms with Crippen molar-refractivity contribution >= 4 is 17.2 Å². The van der Waals surface area contributed by atoms with E-state index < -0.39 is 12.1 Å². The SMILES string of the molecule is N[C@@H](Cc1ccccc1)C(=O)N[C@H]1c2ccsc2C[C@H]1O. The van der Waals surface area contributed by atoms with Gasteiger partial charge in [0, 0.05) is 11.3 Å². The van der Waals surface area contributed by atoms with Crippen molar-refractivity contribution in [1.82, 2.24) is 5.32 Å². The highest BCUT2D eigenvalue weighted by atomic mass is 32.1. The van der Waals surface area contributed by atoms with Crippen LogP contribution in [0.15, 0.2) is 41.8 Å². The zero-order chi connectivity index (χ0) is 14.8. The molecule has 0 saturated heterocycles. The number of nitrogens with two attached hydrogens (primary N) is 1. The van der Waals surface area contributed by atoms with Gasteiger partial charge >= 0.3 is 0 Å². The fraction of sp³-hybridized carbons (Fsp3) is 0.312. The number of rotatable bonds is 4. The Hall–Kier alpha value is -1.69. The van der Waals surface area contributed by atoms with Gasteiger partial charge in [-0.3, -0.25) is 4.79 Å². The first-order valence-electron chi connectivity index (χ1n) is 6.99. The van der Waals surface area contributed by atoms with Crippen molar-refractivity contribution < 1.29 is 9.90 Å². The summed E-state index contributed by atoms with van der Waals surface area (Å²) in [6.07, 6.45) is 0.540. The predicted octanol–water partition coefficient (Wildman–Crippen LogP) is 1.39. The van der Waals surface area contributed by atoms with Crippen LogP contribution in [0.5, 0.6) is 0 Å². The number of hydrogen-bond donors (Lipinski definition) is 3. The number of carbonyl (C=O) groups is 1. The van der Waals surface area contributed by atoms with Crippen molar-refractivity contribution in [3.63, 3.8) is 0 Å². The van der Waals surface area contributed by atoms with E-state index in [9.17, 15) is 9.90 Å². The molecule has 1 heterocycles. The molecule has 1 amide bonds. The Morgan fingerprint density at radius 3 is 2.90 bits per heavy atom. The topological polar surface area (TPSA) is 75.4 Å². The van der Waals surface area contributed by atoms with Crippen molar-refractivity contribution in [2.45, 2.75) is 31.0 Å². The van der Waals surface area contributed by atoms with Crippen molar-refractivity contribution in [3.05, 3.63) is 57.8 Å². The molecule has 21 heavy (non-hydrogen) atoms. The van der Waals surface area contributed by atoms with Crippen molar-refractivity contribution in [2.75, 3.05) is 0 Å². The summed E-state index contributed by atoms with van der Waals surface area (Å²) in [5.41, 5.74) is 8.03. The zero-order valence-corrected chi connectivity index (χ0v) is 12.3. The van der Waals surface area contributed by atoms with Crippen molar-refractivity contribution in [3.8, 4) is 0 Å². The van der Waals surface area contributed by atoms with Gasteiger partial charge in [0.25, 0.3) is 0 Å². The lowest BCUT2D eigenvalue weighted by molar-refractivity contribution is -0.123. The van der Waals surface area contributed by atoms with E-state index in [2.05, 4.69) is 5.32 Å². The molecule has 0 spiro atoms. The van der Waals surface area contributed by atoms with E-state index in [1.807, 2.05) is 41.8 Å². The first kappa shape index (κ1) is 14.3. The number of thiophene rings is 1. The van der Waals surface area contributed by atoms with Crippen LogP contribution in [0.2, 0.25) is 0 Å². The Morgan fingerprint density at radius 2 is 2.14 bits per heavy atom. The van der Waals surface area contributed by atoms with Gasteiger partial charge in [0.05, 0.1) is 18.2 Å². The van der Waals surface area contributed by atoms with E-state index in [4.69, 9.17) is 5.73 Å². The van der Waals surface area contributed by atoms with Gasteiger partial charge in [-0.2, -0.15) is 0 Å². The molecule has 0 saturated carbocycles. The number of fused-ring (bicyclic) bond motifs is 1. The fourth-order valence-corrected chi connectivity index (χ4v) is 3.68. The molecule has 3 rings (SSSR count). The number of hydrogen-bond acceptors (Lipinski definition) is 4. The fourth-order valence-electron chi connectivity index (χ4n) is 2.70. The molecule has 1 aliphatic carbocycles. The van der Waals surface area contributed by atoms with Gasteiger partial charge in [-0.1, -0.05) is 30.3 Å². The minimum Gasteiger partial charge on any atom is -0.390 e. The maximum atomic E-state index is 12.2. The highest BCUT2D eigenvalue weighted by Gasteiger charge is 2.34. The molecule has 0 fully saturated rings. The predicted molar refractivity (Wildman–Crippen MR) is 83.0 cm³/mol. The third kappa shape index (κ3) is 3.00. The quantitative estimate of drug-likeness (QED) is 0.799. The molecule has 1 aliphatic rings. The van der Waals surface area contributed by atoms with Crippen molar-refractivity contribution in [1.29, 1.82) is 0 Å². The second kappa shape index (κ2) is 5.97. The lowest BCUT2D eigenvalue weighted by Gasteiger charge is -2.20. The third-order valence-corrected chi connectivity index (χ3v) is 4.79. The van der Waals surface area contributed by atoms with Gasteiger partial charge in [0.15, 0.2) is 0 Å². The van der Waals surface area contributed by atoms with Crippen LogP contribution in [0, 0.1) is 0 Å². The summed E-state index contributed by atoms with van der Waals surface area (Å²) in [5.74, 6) is -0.220. The summed E-state index contributed by atoms with van der Waals surface area (Å²) >= 11 is 1.62. The molecule has 1 aromatic carbocycles. The molecule has 4 N–H and O–H groups in total. The molecule has 0 unspecified atom stereocenters. The first-order valence-corrected chi connectivity index (χ1v) is 7.87. The van der Waals surface area contributed by atoms with Crippen molar-refractivity contribution in [2.24, 2.45) is 5.73 Å². The average molecular weight is 302 g/mol. The molecule has 2 aromatic rings. The number of aliphatic hydroxyl groups is 1. The van der Waals surface area contributed by atoms with E-state index in [-0.39, 0.29) is 11.9 Å². The summed E-state index contributed by atoms with van der Waals surface area (Å²) in [5, 5.41) is 14.9. The van der Waals surface area contributed by atoms with Gasteiger partial charge < -0.3 is 16.2 Å². The summed E-state index contributed by atoms with van der Waals surface area (Å²) < 4.78 is 0. The number of benzene rings is 1. The third-order valence-electron chi connectivity index (χ3n) is 3.83. The normalized spacial score (nSPS) is 21.8. The largest absolute Gasteiger partial charge is 0.390 e. The molecule has 5 heteroatoms. The van der Waals surface area contributed by atoms with Gasteiger partial charge in [0.2, 0.25) is 5.91 Å². The van der Waals surface area contributed by atoms with Crippen LogP contribution >= 0.6 is 11.3 Å². The smallest absolute Gasteiger partial charge is 0.237 e. The highest BCUT2D eigenvalue weighted by molar-refractivity contribution is 7.10. The molecule has 0 radical (unpaired) electrons. The van der Waals surface area contributed by atoms with E-state index in [0.717, 1.165) is 16.0 Å². The van der Waals surface area contributed by atoms with Crippen LogP contribution in [0.4, 0.5) is 0 Å². The highest BCUT2D eigenvalue weighted by Crippen LogP contribution is 2.35. The van der Waals surface area contributed by atoms with Crippen LogP contribution in [-0.4, -0.2) is 23.2 Å². The summed E-state index contributed by atoms with van der Waals surface area (Å²) in [4.78, 5) is 13.4. The van der Waals surface area contributed by atoms with Crippen LogP contribution in [-0.2, 0) is 17.6 Å². The average Bonchev–Trinajstić information content (AvgIpc) is 3.03. The molecule has 4 nitrogen and oxygen atoms in total. The number of amides is 1. The van der Waals surface area contributed by atoms with Crippen LogP contribution in [0.3, 0.4) is 0 Å². The number of nitrogens with one attached hydrogen (secondary N) is 1. The molecule has 3 atom stereocenters. The number of aliphatic hydroxyl groups excluding tert-OH is 1. The Balaban J connectivity index is 1.64. The molecule has 1 aromatic heterocycles. The van der Waals surface area contributed by atoms with Gasteiger partial charge in [-0.25, -0.2) is 0 Å². The summed E-state index contributed by atoms with van der Waals surface area (Å²) in [6, 6.07) is 10.7. The second-order valence-electron chi connectivity index (χ2n) is 5.35. The monoisotopic (exact) mass is 302 g/mol. The van der Waals surface area contributed by atoms with Gasteiger partial charge in [-0.15, -0.1) is 11.3 Å². The minimum atomic E-state index is -0.609. The Morgan fingerprint density at radius 1 is 1.38 bits per heavy atom. The molecular formula is C16H18N2O2S. The van der Waals surface area contributed by atoms with E-state index >= 15 is 0 Å². The number of carbonyl (C=O) groups excluding carboxylic acids is 1. The first-order chi connectivity index (χ1) is 10.1. The van der Waals surface area contributed by atoms with Gasteiger partial charge in [0.1, 0.15) is 0 Å². The zero-order valence-electron chi connectivity index (χ0n) is 11.5. The van der Waals surface area contributed by atoms with Crippen LogP contribution in [0.1, 0.15) is 22.0 Å². The van der Waals surface area contributed by atoms with E-state index in [1.165, 1.54) is 0 Å². The maximum absolute atomic E-state index is 12.2.